The maximum atomic E-state index is 2.79. The van der Waals surface area contributed by atoms with Crippen LogP contribution in [0.15, 0.2) is 170 Å². The van der Waals surface area contributed by atoms with E-state index in [2.05, 4.69) is 256 Å². The minimum absolute atomic E-state index is 0.0000885. The van der Waals surface area contributed by atoms with Crippen LogP contribution in [0.2, 0.25) is 0 Å². The number of anilines is 4. The zero-order valence-electron chi connectivity index (χ0n) is 46.1. The standard InChI is InChI=1S/C71H71BN2S/c1-67(2,3)51-29-27-49(53(40-51)47-25-19-14-20-26-47)44-73-62-39-50(46-23-17-13-18-24-46)38-55-54-37-48(45-21-15-12-16-22-45)28-32-61(54)74(52-30-31-57-58(41-52)69(6,7)34-33-68(57,4)5)72(64(55)62)65-56-42-59-60(43-63(56)75-66(65)73)71(10,11)36-35-70(59,8)9/h12-32,37-43H,33-36,44H2,1-11H3. The monoisotopic (exact) mass is 995 g/mol. The predicted octanol–water partition coefficient (Wildman–Crippen LogP) is 18.5. The summed E-state index contributed by atoms with van der Waals surface area (Å²) in [5, 5.41) is 2.75. The van der Waals surface area contributed by atoms with Crippen molar-refractivity contribution in [3.05, 3.63) is 203 Å². The minimum atomic E-state index is -0.0951. The molecule has 8 aromatic carbocycles. The number of rotatable bonds is 6. The molecule has 4 aliphatic rings. The van der Waals surface area contributed by atoms with Crippen molar-refractivity contribution in [2.75, 3.05) is 9.71 Å². The van der Waals surface area contributed by atoms with E-state index in [1.807, 2.05) is 11.3 Å². The Balaban J connectivity index is 1.16. The molecule has 9 aromatic rings. The van der Waals surface area contributed by atoms with E-state index in [1.165, 1.54) is 147 Å². The maximum absolute atomic E-state index is 2.79. The van der Waals surface area contributed by atoms with Crippen molar-refractivity contribution in [2.24, 2.45) is 0 Å². The largest absolute Gasteiger partial charge is 0.376 e. The second kappa shape index (κ2) is 16.9. The Hall–Kier alpha value is -6.62. The molecule has 0 unspecified atom stereocenters. The summed E-state index contributed by atoms with van der Waals surface area (Å²) in [5.74, 6) is 0. The average Bonchev–Trinajstić information content (AvgIpc) is 3.83. The van der Waals surface area contributed by atoms with Crippen molar-refractivity contribution < 1.29 is 0 Å². The van der Waals surface area contributed by atoms with Crippen molar-refractivity contribution in [3.63, 3.8) is 0 Å². The molecule has 2 nitrogen and oxygen atoms in total. The summed E-state index contributed by atoms with van der Waals surface area (Å²) in [6, 6.07) is 66.0. The van der Waals surface area contributed by atoms with E-state index in [4.69, 9.17) is 0 Å². The molecule has 2 aliphatic heterocycles. The Morgan fingerprint density at radius 2 is 1.01 bits per heavy atom. The Bertz CT molecular complexity index is 3740. The minimum Gasteiger partial charge on any atom is -0.376 e. The molecule has 0 fully saturated rings. The third-order valence-corrected chi connectivity index (χ3v) is 19.6. The molecule has 75 heavy (non-hydrogen) atoms. The van der Waals surface area contributed by atoms with Gasteiger partial charge >= 0.3 is 6.85 Å². The van der Waals surface area contributed by atoms with E-state index < -0.39 is 0 Å². The van der Waals surface area contributed by atoms with Crippen molar-refractivity contribution >= 4 is 61.3 Å². The van der Waals surface area contributed by atoms with Gasteiger partial charge in [-0.05, 0) is 190 Å². The zero-order chi connectivity index (χ0) is 52.0. The van der Waals surface area contributed by atoms with Crippen molar-refractivity contribution in [1.82, 2.24) is 0 Å². The number of fused-ring (bicyclic) bond motifs is 8. The van der Waals surface area contributed by atoms with Crippen molar-refractivity contribution in [2.45, 2.75) is 135 Å². The molecule has 2 aliphatic carbocycles. The van der Waals surface area contributed by atoms with E-state index >= 15 is 0 Å². The molecule has 374 valence electrons. The van der Waals surface area contributed by atoms with Gasteiger partial charge in [-0.25, -0.2) is 0 Å². The third kappa shape index (κ3) is 7.78. The molecule has 0 spiro atoms. The summed E-state index contributed by atoms with van der Waals surface area (Å²) in [6.07, 6.45) is 4.71. The van der Waals surface area contributed by atoms with Gasteiger partial charge in [0.1, 0.15) is 0 Å². The zero-order valence-corrected chi connectivity index (χ0v) is 46.9. The summed E-state index contributed by atoms with van der Waals surface area (Å²) in [6.45, 7) is 27.5. The van der Waals surface area contributed by atoms with Crippen LogP contribution in [-0.4, -0.2) is 6.85 Å². The van der Waals surface area contributed by atoms with Gasteiger partial charge in [0.25, 0.3) is 0 Å². The maximum Gasteiger partial charge on any atom is 0.334 e. The molecular weight excluding hydrogens is 924 g/mol. The Morgan fingerprint density at radius 3 is 1.64 bits per heavy atom. The summed E-state index contributed by atoms with van der Waals surface area (Å²) < 4.78 is 1.39. The molecule has 0 radical (unpaired) electrons. The highest BCUT2D eigenvalue weighted by atomic mass is 32.1. The quantitative estimate of drug-likeness (QED) is 0.153. The van der Waals surface area contributed by atoms with Crippen LogP contribution in [-0.2, 0) is 33.6 Å². The Labute approximate surface area is 451 Å². The summed E-state index contributed by atoms with van der Waals surface area (Å²) in [4.78, 5) is 5.55. The molecule has 3 heterocycles. The van der Waals surface area contributed by atoms with Crippen LogP contribution in [0.3, 0.4) is 0 Å². The fourth-order valence-corrected chi connectivity index (χ4v) is 14.9. The van der Waals surface area contributed by atoms with Crippen LogP contribution in [0.4, 0.5) is 22.1 Å². The highest BCUT2D eigenvalue weighted by molar-refractivity contribution is 7.26. The van der Waals surface area contributed by atoms with Gasteiger partial charge in [0.15, 0.2) is 0 Å². The average molecular weight is 995 g/mol. The molecule has 0 atom stereocenters. The van der Waals surface area contributed by atoms with Gasteiger partial charge in [0, 0.05) is 33.9 Å². The first kappa shape index (κ1) is 48.1. The molecule has 13 rings (SSSR count). The SMILES string of the molecule is CC(C)(C)c1ccc(CN2c3cc(-c4ccccc4)cc4c3B(c3c2sc2cc5c(cc32)C(C)(C)CCC5(C)C)N(c2ccc3c(c2)C(C)(C)CCC3(C)C)c2ccc(-c3ccccc3)cc2-4)c(-c2ccccc2)c1. The number of thiophene rings is 1. The second-order valence-electron chi connectivity index (χ2n) is 26.2. The van der Waals surface area contributed by atoms with E-state index in [9.17, 15) is 0 Å². The first-order valence-electron chi connectivity index (χ1n) is 27.7. The van der Waals surface area contributed by atoms with Crippen LogP contribution < -0.4 is 20.6 Å². The number of hydrogen-bond donors (Lipinski definition) is 0. The lowest BCUT2D eigenvalue weighted by molar-refractivity contribution is 0.332. The van der Waals surface area contributed by atoms with Crippen molar-refractivity contribution in [3.8, 4) is 44.5 Å². The van der Waals surface area contributed by atoms with E-state index in [1.54, 1.807) is 0 Å². The van der Waals surface area contributed by atoms with Gasteiger partial charge in [-0.3, -0.25) is 0 Å². The van der Waals surface area contributed by atoms with Crippen LogP contribution in [0.5, 0.6) is 0 Å². The van der Waals surface area contributed by atoms with Crippen LogP contribution in [0, 0.1) is 0 Å². The number of benzene rings is 8. The first-order chi connectivity index (χ1) is 35.8. The van der Waals surface area contributed by atoms with E-state index in [0.29, 0.717) is 0 Å². The summed E-state index contributed by atoms with van der Waals surface area (Å²) in [7, 11) is 0. The molecule has 1 aromatic heterocycles. The lowest BCUT2D eigenvalue weighted by Gasteiger charge is -2.46. The smallest absolute Gasteiger partial charge is 0.334 e. The fraction of sp³-hybridized carbons (Fsp3) is 0.296. The molecule has 0 N–H and O–H groups in total. The Morgan fingerprint density at radius 1 is 0.453 bits per heavy atom. The number of hydrogen-bond acceptors (Lipinski definition) is 3. The topological polar surface area (TPSA) is 6.48 Å². The van der Waals surface area contributed by atoms with Gasteiger partial charge in [-0.1, -0.05) is 197 Å². The van der Waals surface area contributed by atoms with Gasteiger partial charge < -0.3 is 9.71 Å². The third-order valence-electron chi connectivity index (χ3n) is 18.4. The van der Waals surface area contributed by atoms with Gasteiger partial charge in [0.05, 0.1) is 5.00 Å². The number of nitrogens with zero attached hydrogens (tertiary/aromatic N) is 2. The molecular formula is C71H71BN2S. The Kier molecular flexibility index (Phi) is 10.9. The molecule has 0 bridgehead atoms. The van der Waals surface area contributed by atoms with Gasteiger partial charge in [-0.15, -0.1) is 11.3 Å². The van der Waals surface area contributed by atoms with E-state index in [-0.39, 0.29) is 33.9 Å². The molecule has 0 saturated heterocycles. The highest BCUT2D eigenvalue weighted by Crippen LogP contribution is 2.54. The van der Waals surface area contributed by atoms with E-state index in [0.717, 1.165) is 6.54 Å². The molecule has 4 heteroatoms. The molecule has 0 saturated carbocycles. The lowest BCUT2D eigenvalue weighted by atomic mass is 9.43. The highest BCUT2D eigenvalue weighted by Gasteiger charge is 2.49. The summed E-state index contributed by atoms with van der Waals surface area (Å²) in [5.41, 5.74) is 25.7. The van der Waals surface area contributed by atoms with Crippen LogP contribution in [0.1, 0.15) is 135 Å². The van der Waals surface area contributed by atoms with Crippen molar-refractivity contribution in [1.29, 1.82) is 0 Å². The fourth-order valence-electron chi connectivity index (χ4n) is 13.6. The van der Waals surface area contributed by atoms with Gasteiger partial charge in [-0.2, -0.15) is 0 Å². The van der Waals surface area contributed by atoms with Crippen LogP contribution in [0.25, 0.3) is 54.6 Å². The van der Waals surface area contributed by atoms with Crippen LogP contribution >= 0.6 is 11.3 Å². The van der Waals surface area contributed by atoms with Gasteiger partial charge in [0.2, 0.25) is 0 Å². The predicted molar refractivity (Wildman–Crippen MR) is 325 cm³/mol. The lowest BCUT2D eigenvalue weighted by Crippen LogP contribution is -2.61. The normalized spacial score (nSPS) is 17.5. The summed E-state index contributed by atoms with van der Waals surface area (Å²) >= 11 is 2.02. The first-order valence-corrected chi connectivity index (χ1v) is 28.5. The molecule has 0 amide bonds. The second-order valence-corrected chi connectivity index (χ2v) is 27.3.